The summed E-state index contributed by atoms with van der Waals surface area (Å²) in [7, 11) is 0. The molecule has 0 unspecified atom stereocenters. The second kappa shape index (κ2) is 4.24. The van der Waals surface area contributed by atoms with Gasteiger partial charge in [-0.1, -0.05) is 6.07 Å². The first-order valence-corrected chi connectivity index (χ1v) is 5.94. The lowest BCUT2D eigenvalue weighted by Gasteiger charge is -2.09. The Kier molecular flexibility index (Phi) is 2.56. The maximum Gasteiger partial charge on any atom is 0.224 e. The first-order chi connectivity index (χ1) is 9.13. The fourth-order valence-corrected chi connectivity index (χ4v) is 1.90. The van der Waals surface area contributed by atoms with Crippen LogP contribution in [0.15, 0.2) is 24.5 Å². The van der Waals surface area contributed by atoms with Crippen LogP contribution in [0, 0.1) is 13.8 Å². The number of H-pyrrole nitrogens is 1. The first kappa shape index (κ1) is 11.5. The quantitative estimate of drug-likeness (QED) is 0.652. The average Bonchev–Trinajstić information content (AvgIpc) is 2.82. The predicted octanol–water partition coefficient (Wildman–Crippen LogP) is 2.30. The van der Waals surface area contributed by atoms with Crippen LogP contribution in [0.1, 0.15) is 11.1 Å². The number of nitrogens with two attached hydrogens (primary N) is 1. The van der Waals surface area contributed by atoms with Crippen LogP contribution in [0.25, 0.3) is 11.2 Å². The zero-order chi connectivity index (χ0) is 13.4. The van der Waals surface area contributed by atoms with Gasteiger partial charge in [-0.2, -0.15) is 9.97 Å². The minimum Gasteiger partial charge on any atom is -0.368 e. The predicted molar refractivity (Wildman–Crippen MR) is 75.3 cm³/mol. The Balaban J connectivity index is 2.04. The molecule has 0 fully saturated rings. The number of benzene rings is 1. The molecular formula is C13H14N6. The molecule has 0 aliphatic rings. The van der Waals surface area contributed by atoms with E-state index in [2.05, 4.69) is 51.2 Å². The molecule has 6 nitrogen and oxygen atoms in total. The molecule has 0 radical (unpaired) electrons. The molecule has 0 atom stereocenters. The first-order valence-electron chi connectivity index (χ1n) is 5.94. The van der Waals surface area contributed by atoms with Crippen LogP contribution >= 0.6 is 0 Å². The number of aromatic nitrogens is 4. The molecule has 0 bridgehead atoms. The van der Waals surface area contributed by atoms with E-state index in [0.29, 0.717) is 11.5 Å². The molecule has 0 aliphatic carbocycles. The van der Waals surface area contributed by atoms with Crippen LogP contribution in [-0.4, -0.2) is 19.9 Å². The number of nitrogen functional groups attached to an aromatic ring is 1. The molecule has 0 saturated carbocycles. The lowest BCUT2D eigenvalue weighted by Crippen LogP contribution is -2.01. The molecule has 3 rings (SSSR count). The van der Waals surface area contributed by atoms with E-state index in [-0.39, 0.29) is 5.95 Å². The normalized spacial score (nSPS) is 10.8. The number of hydrogen-bond acceptors (Lipinski definition) is 5. The SMILES string of the molecule is Cc1ccc(Nc2nc(N)nc3nc[nH]c23)cc1C. The summed E-state index contributed by atoms with van der Waals surface area (Å²) >= 11 is 0. The number of nitrogens with zero attached hydrogens (tertiary/aromatic N) is 3. The fourth-order valence-electron chi connectivity index (χ4n) is 1.90. The van der Waals surface area contributed by atoms with Crippen molar-refractivity contribution < 1.29 is 0 Å². The van der Waals surface area contributed by atoms with Gasteiger partial charge in [-0.15, -0.1) is 0 Å². The summed E-state index contributed by atoms with van der Waals surface area (Å²) in [5.41, 5.74) is 10.4. The molecular weight excluding hydrogens is 240 g/mol. The van der Waals surface area contributed by atoms with Crippen molar-refractivity contribution in [3.05, 3.63) is 35.7 Å². The van der Waals surface area contributed by atoms with E-state index in [4.69, 9.17) is 5.73 Å². The number of anilines is 3. The van der Waals surface area contributed by atoms with Crippen LogP contribution in [0.5, 0.6) is 0 Å². The van der Waals surface area contributed by atoms with E-state index in [1.165, 1.54) is 11.1 Å². The highest BCUT2D eigenvalue weighted by atomic mass is 15.1. The van der Waals surface area contributed by atoms with E-state index in [9.17, 15) is 0 Å². The third kappa shape index (κ3) is 2.08. The molecule has 3 aromatic rings. The van der Waals surface area contributed by atoms with E-state index in [1.54, 1.807) is 6.33 Å². The molecule has 1 aromatic carbocycles. The summed E-state index contributed by atoms with van der Waals surface area (Å²) in [6.45, 7) is 4.15. The molecule has 96 valence electrons. The van der Waals surface area contributed by atoms with Crippen molar-refractivity contribution in [3.8, 4) is 0 Å². The van der Waals surface area contributed by atoms with Crippen LogP contribution in [0.4, 0.5) is 17.5 Å². The lowest BCUT2D eigenvalue weighted by molar-refractivity contribution is 1.21. The summed E-state index contributed by atoms with van der Waals surface area (Å²) in [5.74, 6) is 0.828. The number of aromatic amines is 1. The topological polar surface area (TPSA) is 92.5 Å². The second-order valence-electron chi connectivity index (χ2n) is 4.46. The molecule has 4 N–H and O–H groups in total. The van der Waals surface area contributed by atoms with Crippen molar-refractivity contribution in [1.82, 2.24) is 19.9 Å². The molecule has 2 heterocycles. The zero-order valence-corrected chi connectivity index (χ0v) is 10.7. The Hall–Kier alpha value is -2.63. The van der Waals surface area contributed by atoms with Crippen LogP contribution < -0.4 is 11.1 Å². The highest BCUT2D eigenvalue weighted by molar-refractivity contribution is 5.85. The van der Waals surface area contributed by atoms with Gasteiger partial charge in [-0.25, -0.2) is 4.98 Å². The summed E-state index contributed by atoms with van der Waals surface area (Å²) in [4.78, 5) is 15.4. The Morgan fingerprint density at radius 3 is 2.79 bits per heavy atom. The molecule has 0 aliphatic heterocycles. The third-order valence-corrected chi connectivity index (χ3v) is 3.07. The van der Waals surface area contributed by atoms with E-state index < -0.39 is 0 Å². The lowest BCUT2D eigenvalue weighted by atomic mass is 10.1. The third-order valence-electron chi connectivity index (χ3n) is 3.07. The number of rotatable bonds is 2. The maximum atomic E-state index is 5.68. The second-order valence-corrected chi connectivity index (χ2v) is 4.46. The van der Waals surface area contributed by atoms with Gasteiger partial charge in [0.1, 0.15) is 5.52 Å². The van der Waals surface area contributed by atoms with Gasteiger partial charge in [0.15, 0.2) is 11.5 Å². The van der Waals surface area contributed by atoms with E-state index in [0.717, 1.165) is 11.2 Å². The van der Waals surface area contributed by atoms with Gasteiger partial charge in [-0.05, 0) is 37.1 Å². The highest BCUT2D eigenvalue weighted by Gasteiger charge is 2.08. The van der Waals surface area contributed by atoms with Gasteiger partial charge < -0.3 is 16.0 Å². The summed E-state index contributed by atoms with van der Waals surface area (Å²) < 4.78 is 0. The minimum absolute atomic E-state index is 0.200. The van der Waals surface area contributed by atoms with Crippen molar-refractivity contribution in [3.63, 3.8) is 0 Å². The summed E-state index contributed by atoms with van der Waals surface area (Å²) in [6.07, 6.45) is 1.57. The summed E-state index contributed by atoms with van der Waals surface area (Å²) in [6, 6.07) is 6.13. The molecule has 0 saturated heterocycles. The number of aryl methyl sites for hydroxylation is 2. The van der Waals surface area contributed by atoms with Gasteiger partial charge in [0.25, 0.3) is 0 Å². The Bertz CT molecular complexity index is 746. The van der Waals surface area contributed by atoms with Crippen LogP contribution in [0.3, 0.4) is 0 Å². The zero-order valence-electron chi connectivity index (χ0n) is 10.7. The van der Waals surface area contributed by atoms with Crippen LogP contribution in [-0.2, 0) is 0 Å². The number of fused-ring (bicyclic) bond motifs is 1. The Morgan fingerprint density at radius 2 is 2.00 bits per heavy atom. The number of hydrogen-bond donors (Lipinski definition) is 3. The number of imidazole rings is 1. The fraction of sp³-hybridized carbons (Fsp3) is 0.154. The maximum absolute atomic E-state index is 5.68. The molecule has 2 aromatic heterocycles. The van der Waals surface area contributed by atoms with Gasteiger partial charge in [0.05, 0.1) is 6.33 Å². The smallest absolute Gasteiger partial charge is 0.224 e. The minimum atomic E-state index is 0.200. The van der Waals surface area contributed by atoms with Gasteiger partial charge >= 0.3 is 0 Å². The monoisotopic (exact) mass is 254 g/mol. The number of nitrogens with one attached hydrogen (secondary N) is 2. The van der Waals surface area contributed by atoms with Gasteiger partial charge in [0.2, 0.25) is 5.95 Å². The largest absolute Gasteiger partial charge is 0.368 e. The Morgan fingerprint density at radius 1 is 1.16 bits per heavy atom. The Labute approximate surface area is 110 Å². The van der Waals surface area contributed by atoms with Gasteiger partial charge in [-0.3, -0.25) is 0 Å². The van der Waals surface area contributed by atoms with E-state index >= 15 is 0 Å². The van der Waals surface area contributed by atoms with Crippen molar-refractivity contribution in [2.45, 2.75) is 13.8 Å². The van der Waals surface area contributed by atoms with Crippen molar-refractivity contribution in [2.24, 2.45) is 0 Å². The van der Waals surface area contributed by atoms with Crippen molar-refractivity contribution in [1.29, 1.82) is 0 Å². The molecule has 6 heteroatoms. The van der Waals surface area contributed by atoms with Gasteiger partial charge in [0, 0.05) is 5.69 Å². The van der Waals surface area contributed by atoms with Crippen molar-refractivity contribution in [2.75, 3.05) is 11.1 Å². The summed E-state index contributed by atoms with van der Waals surface area (Å²) in [5, 5.41) is 3.24. The standard InChI is InChI=1S/C13H14N6/c1-7-3-4-9(5-8(7)2)17-12-10-11(16-6-15-10)18-13(14)19-12/h3-6H,1-2H3,(H4,14,15,16,17,18,19). The molecule has 0 amide bonds. The highest BCUT2D eigenvalue weighted by Crippen LogP contribution is 2.23. The molecule has 19 heavy (non-hydrogen) atoms. The molecule has 0 spiro atoms. The van der Waals surface area contributed by atoms with Crippen molar-refractivity contribution >= 4 is 28.6 Å². The van der Waals surface area contributed by atoms with Crippen LogP contribution in [0.2, 0.25) is 0 Å². The van der Waals surface area contributed by atoms with E-state index in [1.807, 2.05) is 6.07 Å². The average molecular weight is 254 g/mol.